The third-order valence-corrected chi connectivity index (χ3v) is 5.23. The molecular formula is C19H33ClN2O5S. The van der Waals surface area contributed by atoms with Gasteiger partial charge >= 0.3 is 5.97 Å². The van der Waals surface area contributed by atoms with E-state index in [1.807, 2.05) is 6.92 Å². The van der Waals surface area contributed by atoms with Crippen LogP contribution in [0.2, 0.25) is 0 Å². The van der Waals surface area contributed by atoms with Crippen LogP contribution in [0.15, 0.2) is 18.2 Å². The molecule has 1 aromatic carbocycles. The summed E-state index contributed by atoms with van der Waals surface area (Å²) >= 11 is 0. The smallest absolute Gasteiger partial charge is 0.311 e. The number of sulfonamides is 1. The molecule has 28 heavy (non-hydrogen) atoms. The third kappa shape index (κ3) is 10.1. The van der Waals surface area contributed by atoms with Crippen molar-refractivity contribution in [3.05, 3.63) is 18.2 Å². The molecule has 9 heteroatoms. The van der Waals surface area contributed by atoms with E-state index in [2.05, 4.69) is 4.72 Å². The van der Waals surface area contributed by atoms with E-state index in [9.17, 15) is 13.2 Å². The van der Waals surface area contributed by atoms with Gasteiger partial charge in [0.2, 0.25) is 10.0 Å². The Balaban J connectivity index is 0.00000729. The molecule has 0 fully saturated rings. The van der Waals surface area contributed by atoms with Crippen molar-refractivity contribution in [2.24, 2.45) is 5.73 Å². The van der Waals surface area contributed by atoms with E-state index in [0.717, 1.165) is 32.1 Å². The van der Waals surface area contributed by atoms with E-state index in [0.29, 0.717) is 25.3 Å². The molecule has 0 bridgehead atoms. The second kappa shape index (κ2) is 14.5. The maximum Gasteiger partial charge on any atom is 0.311 e. The number of ether oxygens (including phenoxy) is 2. The molecule has 0 aliphatic rings. The lowest BCUT2D eigenvalue weighted by Gasteiger charge is -2.16. The fraction of sp³-hybridized carbons (Fsp3) is 0.632. The zero-order chi connectivity index (χ0) is 20.1. The SMILES string of the molecule is CCCCS(=O)(=O)Nc1cccc(OCCCCCCN)c1OC(=O)CC.Cl. The average Bonchev–Trinajstić information content (AvgIpc) is 2.64. The molecule has 0 heterocycles. The number of para-hydroxylation sites is 1. The first-order valence-corrected chi connectivity index (χ1v) is 11.3. The van der Waals surface area contributed by atoms with Gasteiger partial charge in [0.25, 0.3) is 0 Å². The van der Waals surface area contributed by atoms with Crippen molar-refractivity contribution in [2.45, 2.75) is 58.8 Å². The Labute approximate surface area is 174 Å². The number of unbranched alkanes of at least 4 members (excludes halogenated alkanes) is 4. The number of halogens is 1. The summed E-state index contributed by atoms with van der Waals surface area (Å²) in [5.74, 6) is 0.0253. The van der Waals surface area contributed by atoms with Gasteiger partial charge in [0.1, 0.15) is 0 Å². The lowest BCUT2D eigenvalue weighted by molar-refractivity contribution is -0.134. The fourth-order valence-corrected chi connectivity index (χ4v) is 3.60. The Morgan fingerprint density at radius 2 is 1.82 bits per heavy atom. The van der Waals surface area contributed by atoms with E-state index < -0.39 is 16.0 Å². The first-order valence-electron chi connectivity index (χ1n) is 9.60. The molecule has 0 unspecified atom stereocenters. The molecule has 1 rings (SSSR count). The molecule has 0 aliphatic carbocycles. The highest BCUT2D eigenvalue weighted by atomic mass is 35.5. The molecule has 0 atom stereocenters. The number of carbonyl (C=O) groups excluding carboxylic acids is 1. The van der Waals surface area contributed by atoms with Crippen LogP contribution in [0.1, 0.15) is 58.8 Å². The zero-order valence-electron chi connectivity index (χ0n) is 16.7. The Morgan fingerprint density at radius 1 is 1.11 bits per heavy atom. The maximum atomic E-state index is 12.2. The summed E-state index contributed by atoms with van der Waals surface area (Å²) in [6.07, 6.45) is 5.35. The predicted octanol–water partition coefficient (Wildman–Crippen LogP) is 3.86. The van der Waals surface area contributed by atoms with Gasteiger partial charge in [-0.2, -0.15) is 0 Å². The summed E-state index contributed by atoms with van der Waals surface area (Å²) in [6.45, 7) is 4.73. The molecule has 0 aromatic heterocycles. The highest BCUT2D eigenvalue weighted by Gasteiger charge is 2.19. The molecule has 0 radical (unpaired) electrons. The Morgan fingerprint density at radius 3 is 2.46 bits per heavy atom. The highest BCUT2D eigenvalue weighted by molar-refractivity contribution is 7.92. The predicted molar refractivity (Wildman–Crippen MR) is 115 cm³/mol. The van der Waals surface area contributed by atoms with Gasteiger partial charge in [0.05, 0.1) is 18.0 Å². The molecule has 0 amide bonds. The maximum absolute atomic E-state index is 12.2. The van der Waals surface area contributed by atoms with Gasteiger partial charge in [-0.3, -0.25) is 9.52 Å². The molecule has 0 spiro atoms. The minimum atomic E-state index is -3.52. The lowest BCUT2D eigenvalue weighted by Crippen LogP contribution is -2.18. The summed E-state index contributed by atoms with van der Waals surface area (Å²) in [7, 11) is -3.52. The molecule has 7 nitrogen and oxygen atoms in total. The topological polar surface area (TPSA) is 108 Å². The van der Waals surface area contributed by atoms with Gasteiger partial charge in [-0.1, -0.05) is 39.2 Å². The van der Waals surface area contributed by atoms with Gasteiger partial charge in [-0.15, -0.1) is 12.4 Å². The fourth-order valence-electron chi connectivity index (χ4n) is 2.34. The standard InChI is InChI=1S/C19H32N2O5S.ClH/c1-3-5-15-27(23,24)21-16-11-10-12-17(19(16)26-18(22)4-2)25-14-9-7-6-8-13-20;/h10-12,21H,3-9,13-15,20H2,1-2H3;1H. The summed E-state index contributed by atoms with van der Waals surface area (Å²) in [6, 6.07) is 4.91. The van der Waals surface area contributed by atoms with E-state index in [1.54, 1.807) is 25.1 Å². The largest absolute Gasteiger partial charge is 0.490 e. The normalized spacial score (nSPS) is 10.8. The zero-order valence-corrected chi connectivity index (χ0v) is 18.4. The third-order valence-electron chi connectivity index (χ3n) is 3.87. The molecule has 1 aromatic rings. The molecule has 3 N–H and O–H groups in total. The van der Waals surface area contributed by atoms with E-state index in [1.165, 1.54) is 0 Å². The van der Waals surface area contributed by atoms with E-state index in [4.69, 9.17) is 15.2 Å². The van der Waals surface area contributed by atoms with Crippen molar-refractivity contribution >= 4 is 34.1 Å². The number of anilines is 1. The Kier molecular flexibility index (Phi) is 13.7. The molecule has 162 valence electrons. The van der Waals surface area contributed by atoms with Gasteiger partial charge in [0, 0.05) is 6.42 Å². The molecule has 0 aliphatic heterocycles. The van der Waals surface area contributed by atoms with Crippen LogP contribution in [0.3, 0.4) is 0 Å². The van der Waals surface area contributed by atoms with Gasteiger partial charge < -0.3 is 15.2 Å². The van der Waals surface area contributed by atoms with Crippen LogP contribution in [0.5, 0.6) is 11.5 Å². The quantitative estimate of drug-likeness (QED) is 0.260. The first kappa shape index (κ1) is 26.5. The Bertz CT molecular complexity index is 683. The van der Waals surface area contributed by atoms with E-state index in [-0.39, 0.29) is 36.0 Å². The number of nitrogens with one attached hydrogen (secondary N) is 1. The first-order chi connectivity index (χ1) is 12.9. The number of hydrogen-bond acceptors (Lipinski definition) is 6. The van der Waals surface area contributed by atoms with E-state index >= 15 is 0 Å². The van der Waals surface area contributed by atoms with Crippen LogP contribution < -0.4 is 19.9 Å². The summed E-state index contributed by atoms with van der Waals surface area (Å²) in [5, 5.41) is 0. The second-order valence-electron chi connectivity index (χ2n) is 6.29. The minimum Gasteiger partial charge on any atom is -0.490 e. The van der Waals surface area contributed by atoms with Gasteiger partial charge in [-0.05, 0) is 37.9 Å². The lowest BCUT2D eigenvalue weighted by atomic mass is 10.2. The monoisotopic (exact) mass is 436 g/mol. The number of hydrogen-bond donors (Lipinski definition) is 2. The summed E-state index contributed by atoms with van der Waals surface area (Å²) in [5.41, 5.74) is 5.69. The van der Waals surface area contributed by atoms with Crippen LogP contribution in [0.25, 0.3) is 0 Å². The number of rotatable bonds is 14. The molecule has 0 saturated carbocycles. The van der Waals surface area contributed by atoms with Gasteiger partial charge in [-0.25, -0.2) is 8.42 Å². The number of esters is 1. The van der Waals surface area contributed by atoms with Crippen molar-refractivity contribution in [2.75, 3.05) is 23.6 Å². The van der Waals surface area contributed by atoms with Crippen molar-refractivity contribution < 1.29 is 22.7 Å². The van der Waals surface area contributed by atoms with Crippen molar-refractivity contribution in [3.8, 4) is 11.5 Å². The highest BCUT2D eigenvalue weighted by Crippen LogP contribution is 2.36. The van der Waals surface area contributed by atoms with Crippen LogP contribution in [0, 0.1) is 0 Å². The number of nitrogens with two attached hydrogens (primary N) is 1. The molecular weight excluding hydrogens is 404 g/mol. The number of benzene rings is 1. The average molecular weight is 437 g/mol. The number of carbonyl (C=O) groups is 1. The van der Waals surface area contributed by atoms with Crippen molar-refractivity contribution in [1.82, 2.24) is 0 Å². The van der Waals surface area contributed by atoms with Crippen LogP contribution in [-0.2, 0) is 14.8 Å². The summed E-state index contributed by atoms with van der Waals surface area (Å²) < 4.78 is 38.1. The molecule has 0 saturated heterocycles. The van der Waals surface area contributed by atoms with Gasteiger partial charge in [0.15, 0.2) is 11.5 Å². The Hall–Kier alpha value is -1.51. The van der Waals surface area contributed by atoms with Crippen molar-refractivity contribution in [1.29, 1.82) is 0 Å². The van der Waals surface area contributed by atoms with Crippen LogP contribution >= 0.6 is 12.4 Å². The van der Waals surface area contributed by atoms with Crippen LogP contribution in [-0.4, -0.2) is 33.3 Å². The van der Waals surface area contributed by atoms with Crippen LogP contribution in [0.4, 0.5) is 5.69 Å². The minimum absolute atomic E-state index is 0. The van der Waals surface area contributed by atoms with Crippen molar-refractivity contribution in [3.63, 3.8) is 0 Å². The second-order valence-corrected chi connectivity index (χ2v) is 8.13. The summed E-state index contributed by atoms with van der Waals surface area (Å²) in [4.78, 5) is 11.8.